The monoisotopic (exact) mass is 464 g/mol. The SMILES string of the molecule is CC#CCn1c(N2CCCC(N)C2)nc2c1c(=O)n(CC(=O)NCc1ccccn1)c(=O)n2C. The number of aryl methyl sites for hydroxylation is 1. The molecule has 3 aromatic rings. The van der Waals surface area contributed by atoms with Gasteiger partial charge in [0.15, 0.2) is 11.2 Å². The Morgan fingerprint density at radius 2 is 2.12 bits per heavy atom. The highest BCUT2D eigenvalue weighted by Gasteiger charge is 2.26. The van der Waals surface area contributed by atoms with Crippen molar-refractivity contribution in [1.29, 1.82) is 0 Å². The number of fused-ring (bicyclic) bond motifs is 1. The Bertz CT molecular complexity index is 1380. The van der Waals surface area contributed by atoms with E-state index in [4.69, 9.17) is 5.73 Å². The van der Waals surface area contributed by atoms with Gasteiger partial charge in [0, 0.05) is 32.4 Å². The maximum Gasteiger partial charge on any atom is 0.332 e. The van der Waals surface area contributed by atoms with Gasteiger partial charge in [-0.25, -0.2) is 9.36 Å². The summed E-state index contributed by atoms with van der Waals surface area (Å²) in [6, 6.07) is 5.37. The van der Waals surface area contributed by atoms with Gasteiger partial charge < -0.3 is 16.0 Å². The van der Waals surface area contributed by atoms with Gasteiger partial charge in [0.1, 0.15) is 6.54 Å². The number of anilines is 1. The van der Waals surface area contributed by atoms with Crippen LogP contribution in [0.15, 0.2) is 34.0 Å². The van der Waals surface area contributed by atoms with Crippen molar-refractivity contribution < 1.29 is 4.79 Å². The average Bonchev–Trinajstić information content (AvgIpc) is 3.23. The molecule has 1 aliphatic heterocycles. The van der Waals surface area contributed by atoms with Crippen molar-refractivity contribution in [1.82, 2.24) is 29.0 Å². The molecule has 34 heavy (non-hydrogen) atoms. The molecule has 178 valence electrons. The van der Waals surface area contributed by atoms with Crippen molar-refractivity contribution in [2.75, 3.05) is 18.0 Å². The highest BCUT2D eigenvalue weighted by molar-refractivity contribution is 5.77. The summed E-state index contributed by atoms with van der Waals surface area (Å²) in [7, 11) is 1.54. The van der Waals surface area contributed by atoms with E-state index in [0.717, 1.165) is 24.0 Å². The molecule has 4 rings (SSSR count). The molecule has 1 fully saturated rings. The second kappa shape index (κ2) is 9.93. The fourth-order valence-electron chi connectivity index (χ4n) is 4.13. The lowest BCUT2D eigenvalue weighted by Crippen LogP contribution is -2.44. The minimum atomic E-state index is -0.612. The summed E-state index contributed by atoms with van der Waals surface area (Å²) in [6.45, 7) is 3.07. The van der Waals surface area contributed by atoms with Crippen LogP contribution in [0.2, 0.25) is 0 Å². The molecule has 0 radical (unpaired) electrons. The largest absolute Gasteiger partial charge is 0.349 e. The summed E-state index contributed by atoms with van der Waals surface area (Å²) in [5, 5.41) is 2.70. The van der Waals surface area contributed by atoms with Gasteiger partial charge in [-0.2, -0.15) is 4.98 Å². The van der Waals surface area contributed by atoms with Gasteiger partial charge in [0.25, 0.3) is 5.56 Å². The lowest BCUT2D eigenvalue weighted by Gasteiger charge is -2.31. The van der Waals surface area contributed by atoms with Crippen molar-refractivity contribution in [2.45, 2.75) is 45.4 Å². The summed E-state index contributed by atoms with van der Waals surface area (Å²) < 4.78 is 3.94. The van der Waals surface area contributed by atoms with Crippen molar-refractivity contribution in [3.8, 4) is 11.8 Å². The molecule has 1 aliphatic rings. The quantitative estimate of drug-likeness (QED) is 0.473. The fourth-order valence-corrected chi connectivity index (χ4v) is 4.13. The average molecular weight is 465 g/mol. The topological polar surface area (TPSA) is 133 Å². The number of nitrogens with two attached hydrogens (primary N) is 1. The van der Waals surface area contributed by atoms with Crippen LogP contribution in [0.4, 0.5) is 5.95 Å². The summed E-state index contributed by atoms with van der Waals surface area (Å²) >= 11 is 0. The molecule has 0 aromatic carbocycles. The zero-order valence-corrected chi connectivity index (χ0v) is 19.3. The molecule has 0 aliphatic carbocycles. The molecule has 3 N–H and O–H groups in total. The summed E-state index contributed by atoms with van der Waals surface area (Å²) in [5.74, 6) is 5.92. The molecule has 4 heterocycles. The van der Waals surface area contributed by atoms with Crippen molar-refractivity contribution >= 4 is 23.0 Å². The molecular weight excluding hydrogens is 436 g/mol. The van der Waals surface area contributed by atoms with E-state index in [2.05, 4.69) is 27.1 Å². The van der Waals surface area contributed by atoms with Crippen molar-refractivity contribution in [3.05, 3.63) is 50.9 Å². The highest BCUT2D eigenvalue weighted by Crippen LogP contribution is 2.22. The molecule has 1 atom stereocenters. The normalized spacial score (nSPS) is 15.7. The molecule has 11 nitrogen and oxygen atoms in total. The first kappa shape index (κ1) is 23.3. The number of nitrogens with one attached hydrogen (secondary N) is 1. The maximum absolute atomic E-state index is 13.5. The summed E-state index contributed by atoms with van der Waals surface area (Å²) in [5.41, 5.74) is 6.13. The second-order valence-electron chi connectivity index (χ2n) is 8.28. The standard InChI is InChI=1S/C23H28N8O3/c1-3-4-12-30-19-20(27-22(30)29-11-7-8-16(24)14-29)28(2)23(34)31(21(19)33)15-18(32)26-13-17-9-5-6-10-25-17/h5-6,9-10,16H,7-8,11-15,24H2,1-2H3,(H,26,32). The number of carbonyl (C=O) groups excluding carboxylic acids is 1. The molecule has 0 bridgehead atoms. The van der Waals surface area contributed by atoms with Crippen LogP contribution in [0.25, 0.3) is 11.2 Å². The van der Waals surface area contributed by atoms with Crippen LogP contribution in [0.3, 0.4) is 0 Å². The van der Waals surface area contributed by atoms with Gasteiger partial charge in [-0.1, -0.05) is 12.0 Å². The number of amides is 1. The third-order valence-corrected chi connectivity index (χ3v) is 5.86. The number of piperidine rings is 1. The van der Waals surface area contributed by atoms with Crippen LogP contribution < -0.4 is 27.2 Å². The third-order valence-electron chi connectivity index (χ3n) is 5.86. The Kier molecular flexibility index (Phi) is 6.79. The Labute approximate surface area is 196 Å². The van der Waals surface area contributed by atoms with E-state index in [0.29, 0.717) is 18.2 Å². The van der Waals surface area contributed by atoms with Gasteiger partial charge >= 0.3 is 5.69 Å². The summed E-state index contributed by atoms with van der Waals surface area (Å²) in [6.07, 6.45) is 3.46. The Balaban J connectivity index is 1.73. The van der Waals surface area contributed by atoms with Gasteiger partial charge in [-0.3, -0.25) is 23.7 Å². The number of nitrogens with zero attached hydrogens (tertiary/aromatic N) is 6. The number of rotatable bonds is 6. The van der Waals surface area contributed by atoms with Crippen molar-refractivity contribution in [2.24, 2.45) is 12.8 Å². The number of carbonyl (C=O) groups is 1. The predicted molar refractivity (Wildman–Crippen MR) is 128 cm³/mol. The second-order valence-corrected chi connectivity index (χ2v) is 8.28. The van der Waals surface area contributed by atoms with Crippen LogP contribution >= 0.6 is 0 Å². The number of aromatic nitrogens is 5. The molecule has 1 unspecified atom stereocenters. The van der Waals surface area contributed by atoms with Crippen LogP contribution in [-0.4, -0.2) is 48.7 Å². The van der Waals surface area contributed by atoms with Crippen LogP contribution in [0.1, 0.15) is 25.5 Å². The van der Waals surface area contributed by atoms with Crippen molar-refractivity contribution in [3.63, 3.8) is 0 Å². The zero-order chi connectivity index (χ0) is 24.2. The van der Waals surface area contributed by atoms with Gasteiger partial charge in [-0.05, 0) is 31.9 Å². The summed E-state index contributed by atoms with van der Waals surface area (Å²) in [4.78, 5) is 49.9. The predicted octanol–water partition coefficient (Wildman–Crippen LogP) is -0.441. The van der Waals surface area contributed by atoms with Gasteiger partial charge in [0.2, 0.25) is 11.9 Å². The minimum absolute atomic E-state index is 0.00236. The van der Waals surface area contributed by atoms with Gasteiger partial charge in [-0.15, -0.1) is 5.92 Å². The zero-order valence-electron chi connectivity index (χ0n) is 19.3. The van der Waals surface area contributed by atoms with E-state index < -0.39 is 23.7 Å². The highest BCUT2D eigenvalue weighted by atomic mass is 16.2. The first-order valence-corrected chi connectivity index (χ1v) is 11.2. The molecule has 3 aromatic heterocycles. The minimum Gasteiger partial charge on any atom is -0.349 e. The Hall–Kier alpha value is -3.91. The van der Waals surface area contributed by atoms with E-state index in [9.17, 15) is 14.4 Å². The lowest BCUT2D eigenvalue weighted by molar-refractivity contribution is -0.121. The first-order valence-electron chi connectivity index (χ1n) is 11.2. The number of hydrogen-bond acceptors (Lipinski definition) is 7. The maximum atomic E-state index is 13.5. The Morgan fingerprint density at radius 1 is 1.29 bits per heavy atom. The Morgan fingerprint density at radius 3 is 2.82 bits per heavy atom. The molecule has 1 saturated heterocycles. The van der Waals surface area contributed by atoms with E-state index in [1.807, 2.05) is 11.0 Å². The van der Waals surface area contributed by atoms with E-state index in [-0.39, 0.29) is 30.3 Å². The fraction of sp³-hybridized carbons (Fsp3) is 0.435. The number of imidazole rings is 1. The van der Waals surface area contributed by atoms with E-state index in [1.54, 1.807) is 36.9 Å². The molecule has 0 saturated carbocycles. The third kappa shape index (κ3) is 4.58. The van der Waals surface area contributed by atoms with E-state index in [1.165, 1.54) is 4.57 Å². The first-order chi connectivity index (χ1) is 16.4. The number of pyridine rings is 1. The van der Waals surface area contributed by atoms with Crippen LogP contribution in [0, 0.1) is 11.8 Å². The van der Waals surface area contributed by atoms with Gasteiger partial charge in [0.05, 0.1) is 18.8 Å². The molecular formula is C23H28N8O3. The van der Waals surface area contributed by atoms with Crippen LogP contribution in [0.5, 0.6) is 0 Å². The smallest absolute Gasteiger partial charge is 0.332 e. The molecule has 11 heteroatoms. The number of hydrogen-bond donors (Lipinski definition) is 2. The van der Waals surface area contributed by atoms with E-state index >= 15 is 0 Å². The molecule has 1 amide bonds. The molecule has 0 spiro atoms. The lowest BCUT2D eigenvalue weighted by atomic mass is 10.1. The van der Waals surface area contributed by atoms with Crippen LogP contribution in [-0.2, 0) is 31.5 Å².